The van der Waals surface area contributed by atoms with Crippen molar-refractivity contribution in [2.24, 2.45) is 0 Å². The zero-order valence-corrected chi connectivity index (χ0v) is 15.0. The van der Waals surface area contributed by atoms with Gasteiger partial charge in [-0.3, -0.25) is 0 Å². The van der Waals surface area contributed by atoms with Gasteiger partial charge >= 0.3 is 0 Å². The van der Waals surface area contributed by atoms with Gasteiger partial charge in [-0.15, -0.1) is 0 Å². The number of pyridine rings is 1. The van der Waals surface area contributed by atoms with E-state index in [2.05, 4.69) is 17.1 Å². The van der Waals surface area contributed by atoms with Crippen molar-refractivity contribution in [2.45, 2.75) is 5.03 Å². The van der Waals surface area contributed by atoms with Gasteiger partial charge in [0, 0.05) is 16.7 Å². The zero-order chi connectivity index (χ0) is 18.4. The number of methoxy groups -OCH3 is 1. The summed E-state index contributed by atoms with van der Waals surface area (Å²) >= 11 is 1.27. The lowest BCUT2D eigenvalue weighted by Crippen LogP contribution is -1.97. The number of nitrogens with zero attached hydrogens (tertiary/aromatic N) is 3. The first-order valence-electron chi connectivity index (χ1n) is 7.92. The Morgan fingerprint density at radius 1 is 1.00 bits per heavy atom. The summed E-state index contributed by atoms with van der Waals surface area (Å²) in [7, 11) is 1.61. The molecule has 0 saturated carbocycles. The lowest BCUT2D eigenvalue weighted by Gasteiger charge is -2.14. The number of ether oxygens (including phenoxy) is 1. The summed E-state index contributed by atoms with van der Waals surface area (Å²) in [4.78, 5) is 4.64. The summed E-state index contributed by atoms with van der Waals surface area (Å²) in [5.74, 6) is 0.913. The second-order valence-electron chi connectivity index (χ2n) is 5.36. The van der Waals surface area contributed by atoms with Crippen LogP contribution >= 0.6 is 11.8 Å². The van der Waals surface area contributed by atoms with Crippen LogP contribution in [-0.4, -0.2) is 17.8 Å². The molecule has 4 nitrogen and oxygen atoms in total. The predicted molar refractivity (Wildman–Crippen MR) is 103 cm³/mol. The van der Waals surface area contributed by atoms with E-state index in [-0.39, 0.29) is 5.75 Å². The lowest BCUT2D eigenvalue weighted by molar-refractivity contribution is 0.416. The molecule has 3 rings (SSSR count). The van der Waals surface area contributed by atoms with E-state index in [1.165, 1.54) is 11.8 Å². The molecule has 1 heterocycles. The molecule has 0 aliphatic rings. The smallest absolute Gasteiger partial charge is 0.126 e. The maximum absolute atomic E-state index is 9.76. The minimum atomic E-state index is 0.227. The molecule has 1 aromatic heterocycles. The lowest BCUT2D eigenvalue weighted by atomic mass is 9.98. The molecule has 0 fully saturated rings. The number of hydrogen-bond acceptors (Lipinski definition) is 5. The molecule has 126 valence electrons. The Labute approximate surface area is 156 Å². The van der Waals surface area contributed by atoms with Gasteiger partial charge in [0.25, 0.3) is 0 Å². The summed E-state index contributed by atoms with van der Waals surface area (Å²) in [6, 6.07) is 23.6. The Kier molecular flexibility index (Phi) is 5.53. The van der Waals surface area contributed by atoms with Crippen LogP contribution in [0.25, 0.3) is 22.4 Å². The first-order chi connectivity index (χ1) is 12.8. The minimum absolute atomic E-state index is 0.227. The molecule has 0 N–H and O–H groups in total. The fraction of sp³-hybridized carbons (Fsp3) is 0.0952. The summed E-state index contributed by atoms with van der Waals surface area (Å²) < 4.78 is 5.48. The third-order valence-corrected chi connectivity index (χ3v) is 4.68. The van der Waals surface area contributed by atoms with Gasteiger partial charge in [-0.2, -0.15) is 10.5 Å². The average molecular weight is 357 g/mol. The largest absolute Gasteiger partial charge is 0.496 e. The van der Waals surface area contributed by atoms with E-state index in [1.807, 2.05) is 60.7 Å². The Balaban J connectivity index is 2.28. The van der Waals surface area contributed by atoms with Gasteiger partial charge in [0.1, 0.15) is 16.8 Å². The standard InChI is InChI=1S/C21H15N3OS/c1-25-20-10-6-5-9-16(20)17-13-19(15-7-3-2-4-8-15)24-21(18(17)14-23)26-12-11-22/h2-10,13H,12H2,1H3. The van der Waals surface area contributed by atoms with E-state index in [1.54, 1.807) is 7.11 Å². The third-order valence-electron chi connectivity index (χ3n) is 3.84. The van der Waals surface area contributed by atoms with Crippen molar-refractivity contribution in [3.05, 3.63) is 66.2 Å². The van der Waals surface area contributed by atoms with E-state index in [0.29, 0.717) is 16.3 Å². The van der Waals surface area contributed by atoms with Crippen LogP contribution in [0.3, 0.4) is 0 Å². The number of aromatic nitrogens is 1. The van der Waals surface area contributed by atoms with Gasteiger partial charge in [0.2, 0.25) is 0 Å². The van der Waals surface area contributed by atoms with Crippen LogP contribution < -0.4 is 4.74 Å². The third kappa shape index (κ3) is 3.54. The second-order valence-corrected chi connectivity index (χ2v) is 6.32. The first kappa shape index (κ1) is 17.5. The Morgan fingerprint density at radius 2 is 1.73 bits per heavy atom. The van der Waals surface area contributed by atoms with E-state index in [9.17, 15) is 5.26 Å². The SMILES string of the molecule is COc1ccccc1-c1cc(-c2ccccc2)nc(SCC#N)c1C#N. The van der Waals surface area contributed by atoms with Gasteiger partial charge in [-0.25, -0.2) is 4.98 Å². The summed E-state index contributed by atoms with van der Waals surface area (Å²) in [5, 5.41) is 19.3. The maximum Gasteiger partial charge on any atom is 0.126 e. The highest BCUT2D eigenvalue weighted by molar-refractivity contribution is 7.99. The predicted octanol–water partition coefficient (Wildman–Crippen LogP) is 4.91. The molecule has 0 bridgehead atoms. The number of nitriles is 2. The molecular formula is C21H15N3OS. The van der Waals surface area contributed by atoms with Crippen LogP contribution in [0, 0.1) is 22.7 Å². The molecule has 26 heavy (non-hydrogen) atoms. The highest BCUT2D eigenvalue weighted by atomic mass is 32.2. The summed E-state index contributed by atoms with van der Waals surface area (Å²) in [6.07, 6.45) is 0. The van der Waals surface area contributed by atoms with Crippen molar-refractivity contribution in [3.63, 3.8) is 0 Å². The van der Waals surface area contributed by atoms with Crippen molar-refractivity contribution in [1.82, 2.24) is 4.98 Å². The number of benzene rings is 2. The summed E-state index contributed by atoms with van der Waals surface area (Å²) in [5.41, 5.74) is 3.73. The fourth-order valence-corrected chi connectivity index (χ4v) is 3.34. The maximum atomic E-state index is 9.76. The molecule has 0 amide bonds. The van der Waals surface area contributed by atoms with E-state index in [4.69, 9.17) is 10.00 Å². The van der Waals surface area contributed by atoms with Crippen molar-refractivity contribution in [3.8, 4) is 40.3 Å². The van der Waals surface area contributed by atoms with Crippen LogP contribution in [-0.2, 0) is 0 Å². The average Bonchev–Trinajstić information content (AvgIpc) is 2.72. The van der Waals surface area contributed by atoms with E-state index < -0.39 is 0 Å². The Hall–Kier alpha value is -3.28. The minimum Gasteiger partial charge on any atom is -0.496 e. The summed E-state index contributed by atoms with van der Waals surface area (Å²) in [6.45, 7) is 0. The van der Waals surface area contributed by atoms with Gasteiger partial charge in [-0.05, 0) is 12.1 Å². The molecule has 2 aromatic carbocycles. The van der Waals surface area contributed by atoms with Gasteiger partial charge in [0.05, 0.1) is 30.2 Å². The molecule has 0 saturated heterocycles. The zero-order valence-electron chi connectivity index (χ0n) is 14.1. The normalized spacial score (nSPS) is 9.96. The van der Waals surface area contributed by atoms with Crippen molar-refractivity contribution in [2.75, 3.05) is 12.9 Å². The van der Waals surface area contributed by atoms with Crippen molar-refractivity contribution >= 4 is 11.8 Å². The fourth-order valence-electron chi connectivity index (χ4n) is 2.67. The van der Waals surface area contributed by atoms with Gasteiger partial charge in [0.15, 0.2) is 0 Å². The van der Waals surface area contributed by atoms with Crippen LogP contribution in [0.15, 0.2) is 65.7 Å². The monoisotopic (exact) mass is 357 g/mol. The number of para-hydroxylation sites is 1. The molecule has 0 aliphatic carbocycles. The van der Waals surface area contributed by atoms with Crippen LogP contribution in [0.1, 0.15) is 5.56 Å². The molecule has 3 aromatic rings. The molecular weight excluding hydrogens is 342 g/mol. The molecule has 0 spiro atoms. The Morgan fingerprint density at radius 3 is 2.42 bits per heavy atom. The van der Waals surface area contributed by atoms with Crippen LogP contribution in [0.4, 0.5) is 0 Å². The molecule has 0 atom stereocenters. The number of rotatable bonds is 5. The number of hydrogen-bond donors (Lipinski definition) is 0. The van der Waals surface area contributed by atoms with Gasteiger partial charge < -0.3 is 4.74 Å². The van der Waals surface area contributed by atoms with Crippen LogP contribution in [0.5, 0.6) is 5.75 Å². The molecule has 5 heteroatoms. The highest BCUT2D eigenvalue weighted by Crippen LogP contribution is 2.37. The van der Waals surface area contributed by atoms with E-state index in [0.717, 1.165) is 22.4 Å². The van der Waals surface area contributed by atoms with Crippen molar-refractivity contribution in [1.29, 1.82) is 10.5 Å². The topological polar surface area (TPSA) is 69.7 Å². The molecule has 0 radical (unpaired) electrons. The van der Waals surface area contributed by atoms with E-state index >= 15 is 0 Å². The van der Waals surface area contributed by atoms with Crippen LogP contribution in [0.2, 0.25) is 0 Å². The Bertz CT molecular complexity index is 1000. The first-order valence-corrected chi connectivity index (χ1v) is 8.90. The molecule has 0 aliphatic heterocycles. The quantitative estimate of drug-likeness (QED) is 0.607. The molecule has 0 unspecified atom stereocenters. The highest BCUT2D eigenvalue weighted by Gasteiger charge is 2.18. The van der Waals surface area contributed by atoms with Crippen molar-refractivity contribution < 1.29 is 4.74 Å². The van der Waals surface area contributed by atoms with Gasteiger partial charge in [-0.1, -0.05) is 60.3 Å². The number of thioether (sulfide) groups is 1. The second kappa shape index (κ2) is 8.20.